The molecule has 3 rings (SSSR count). The Hall–Kier alpha value is -1.68. The summed E-state index contributed by atoms with van der Waals surface area (Å²) in [5, 5.41) is 3.82. The fraction of sp³-hybridized carbons (Fsp3) is 0. The van der Waals surface area contributed by atoms with Gasteiger partial charge in [-0.15, -0.1) is 11.3 Å². The van der Waals surface area contributed by atoms with Crippen molar-refractivity contribution in [3.8, 4) is 22.6 Å². The summed E-state index contributed by atoms with van der Waals surface area (Å²) >= 11 is 13.4. The van der Waals surface area contributed by atoms with E-state index in [1.165, 1.54) is 11.3 Å². The minimum atomic E-state index is 0.472. The Morgan fingerprint density at radius 3 is 2.14 bits per heavy atom. The molecule has 0 amide bonds. The van der Waals surface area contributed by atoms with Gasteiger partial charge in [0.2, 0.25) is 0 Å². The molecule has 0 saturated carbocycles. The summed E-state index contributed by atoms with van der Waals surface area (Å²) in [6.45, 7) is 0. The molecule has 0 fully saturated rings. The SMILES string of the molecule is Nc1cc(-c2ccc(Oc3ccc(Cl)c(Cl)c3)cc2)cs1. The fourth-order valence-electron chi connectivity index (χ4n) is 1.90. The fourth-order valence-corrected chi connectivity index (χ4v) is 2.85. The van der Waals surface area contributed by atoms with Crippen molar-refractivity contribution >= 4 is 39.5 Å². The van der Waals surface area contributed by atoms with Gasteiger partial charge in [-0.1, -0.05) is 35.3 Å². The number of rotatable bonds is 3. The van der Waals surface area contributed by atoms with E-state index in [-0.39, 0.29) is 0 Å². The van der Waals surface area contributed by atoms with Gasteiger partial charge in [0.05, 0.1) is 15.0 Å². The quantitative estimate of drug-likeness (QED) is 0.627. The van der Waals surface area contributed by atoms with Crippen LogP contribution >= 0.6 is 34.5 Å². The highest BCUT2D eigenvalue weighted by atomic mass is 35.5. The average molecular weight is 336 g/mol. The van der Waals surface area contributed by atoms with E-state index in [9.17, 15) is 0 Å². The molecule has 3 aromatic rings. The van der Waals surface area contributed by atoms with E-state index in [2.05, 4.69) is 0 Å². The third-order valence-corrected chi connectivity index (χ3v) is 4.43. The molecule has 0 aliphatic heterocycles. The zero-order chi connectivity index (χ0) is 14.8. The van der Waals surface area contributed by atoms with Crippen molar-refractivity contribution in [3.63, 3.8) is 0 Å². The van der Waals surface area contributed by atoms with E-state index in [1.807, 2.05) is 35.7 Å². The highest BCUT2D eigenvalue weighted by molar-refractivity contribution is 7.14. The van der Waals surface area contributed by atoms with Gasteiger partial charge in [0.25, 0.3) is 0 Å². The molecule has 0 atom stereocenters. The summed E-state index contributed by atoms with van der Waals surface area (Å²) in [6, 6.07) is 14.9. The summed E-state index contributed by atoms with van der Waals surface area (Å²) in [4.78, 5) is 0. The molecule has 0 spiro atoms. The van der Waals surface area contributed by atoms with Crippen LogP contribution in [-0.4, -0.2) is 0 Å². The van der Waals surface area contributed by atoms with Crippen LogP contribution in [0.5, 0.6) is 11.5 Å². The van der Waals surface area contributed by atoms with E-state index in [0.29, 0.717) is 15.8 Å². The molecule has 0 radical (unpaired) electrons. The number of hydrogen-bond donors (Lipinski definition) is 1. The number of nitrogen functional groups attached to an aromatic ring is 1. The number of benzene rings is 2. The molecule has 2 nitrogen and oxygen atoms in total. The van der Waals surface area contributed by atoms with Crippen molar-refractivity contribution in [2.75, 3.05) is 5.73 Å². The summed E-state index contributed by atoms with van der Waals surface area (Å²) in [5.74, 6) is 1.39. The van der Waals surface area contributed by atoms with Crippen molar-refractivity contribution in [1.29, 1.82) is 0 Å². The molecular formula is C16H11Cl2NOS. The van der Waals surface area contributed by atoms with Gasteiger partial charge in [-0.3, -0.25) is 0 Å². The van der Waals surface area contributed by atoms with Gasteiger partial charge in [-0.2, -0.15) is 0 Å². The lowest BCUT2D eigenvalue weighted by Crippen LogP contribution is -1.84. The van der Waals surface area contributed by atoms with E-state index in [1.54, 1.807) is 18.2 Å². The van der Waals surface area contributed by atoms with Crippen LogP contribution in [0.25, 0.3) is 11.1 Å². The van der Waals surface area contributed by atoms with Crippen LogP contribution in [0, 0.1) is 0 Å². The first-order chi connectivity index (χ1) is 10.1. The minimum absolute atomic E-state index is 0.472. The Balaban J connectivity index is 1.79. The largest absolute Gasteiger partial charge is 0.457 e. The number of nitrogens with two attached hydrogens (primary N) is 1. The number of hydrogen-bond acceptors (Lipinski definition) is 3. The zero-order valence-electron chi connectivity index (χ0n) is 10.8. The molecule has 0 aliphatic rings. The van der Waals surface area contributed by atoms with Crippen molar-refractivity contribution in [1.82, 2.24) is 0 Å². The van der Waals surface area contributed by atoms with Gasteiger partial charge in [0, 0.05) is 11.4 Å². The highest BCUT2D eigenvalue weighted by Crippen LogP contribution is 2.31. The molecule has 1 heterocycles. The highest BCUT2D eigenvalue weighted by Gasteiger charge is 2.04. The lowest BCUT2D eigenvalue weighted by Gasteiger charge is -2.07. The van der Waals surface area contributed by atoms with Crippen molar-refractivity contribution in [2.45, 2.75) is 0 Å². The second kappa shape index (κ2) is 5.98. The average Bonchev–Trinajstić information content (AvgIpc) is 2.90. The van der Waals surface area contributed by atoms with Gasteiger partial charge in [0.1, 0.15) is 11.5 Å². The summed E-state index contributed by atoms with van der Waals surface area (Å²) < 4.78 is 5.75. The maximum Gasteiger partial charge on any atom is 0.129 e. The Morgan fingerprint density at radius 2 is 1.52 bits per heavy atom. The molecule has 1 aromatic heterocycles. The van der Waals surface area contributed by atoms with Crippen LogP contribution in [0.4, 0.5) is 5.00 Å². The van der Waals surface area contributed by atoms with E-state index in [0.717, 1.165) is 21.9 Å². The Kier molecular flexibility index (Phi) is 4.06. The number of thiophene rings is 1. The van der Waals surface area contributed by atoms with Gasteiger partial charge < -0.3 is 10.5 Å². The molecule has 0 unspecified atom stereocenters. The summed E-state index contributed by atoms with van der Waals surface area (Å²) in [5.41, 5.74) is 7.96. The topological polar surface area (TPSA) is 35.2 Å². The Labute approximate surface area is 136 Å². The summed E-state index contributed by atoms with van der Waals surface area (Å²) in [6.07, 6.45) is 0. The second-order valence-corrected chi connectivity index (χ2v) is 6.20. The standard InChI is InChI=1S/C16H11Cl2NOS/c17-14-6-5-13(8-15(14)18)20-12-3-1-10(2-4-12)11-7-16(19)21-9-11/h1-9H,19H2. The van der Waals surface area contributed by atoms with Gasteiger partial charge >= 0.3 is 0 Å². The third-order valence-electron chi connectivity index (χ3n) is 2.93. The lowest BCUT2D eigenvalue weighted by molar-refractivity contribution is 0.483. The van der Waals surface area contributed by atoms with Crippen molar-refractivity contribution in [3.05, 3.63) is 64.0 Å². The van der Waals surface area contributed by atoms with Crippen LogP contribution in [0.1, 0.15) is 0 Å². The van der Waals surface area contributed by atoms with Crippen LogP contribution in [0.2, 0.25) is 10.0 Å². The van der Waals surface area contributed by atoms with Crippen LogP contribution in [0.15, 0.2) is 53.9 Å². The summed E-state index contributed by atoms with van der Waals surface area (Å²) in [7, 11) is 0. The third kappa shape index (κ3) is 3.32. The number of halogens is 2. The molecule has 2 N–H and O–H groups in total. The second-order valence-electron chi connectivity index (χ2n) is 4.44. The molecule has 0 bridgehead atoms. The Morgan fingerprint density at radius 1 is 0.810 bits per heavy atom. The van der Waals surface area contributed by atoms with Gasteiger partial charge in [0.15, 0.2) is 0 Å². The van der Waals surface area contributed by atoms with Crippen molar-refractivity contribution < 1.29 is 4.74 Å². The number of anilines is 1. The first-order valence-electron chi connectivity index (χ1n) is 6.19. The van der Waals surface area contributed by atoms with Crippen LogP contribution in [-0.2, 0) is 0 Å². The zero-order valence-corrected chi connectivity index (χ0v) is 13.2. The predicted molar refractivity (Wildman–Crippen MR) is 90.7 cm³/mol. The van der Waals surface area contributed by atoms with Crippen LogP contribution < -0.4 is 10.5 Å². The monoisotopic (exact) mass is 335 g/mol. The number of ether oxygens (including phenoxy) is 1. The molecule has 0 saturated heterocycles. The molecular weight excluding hydrogens is 325 g/mol. The molecule has 5 heteroatoms. The molecule has 106 valence electrons. The minimum Gasteiger partial charge on any atom is -0.457 e. The predicted octanol–water partition coefficient (Wildman–Crippen LogP) is 6.10. The van der Waals surface area contributed by atoms with E-state index >= 15 is 0 Å². The normalized spacial score (nSPS) is 10.6. The van der Waals surface area contributed by atoms with E-state index in [4.69, 9.17) is 33.7 Å². The molecule has 2 aromatic carbocycles. The Bertz CT molecular complexity index is 768. The molecule has 21 heavy (non-hydrogen) atoms. The smallest absolute Gasteiger partial charge is 0.129 e. The first-order valence-corrected chi connectivity index (χ1v) is 7.83. The molecule has 0 aliphatic carbocycles. The van der Waals surface area contributed by atoms with E-state index < -0.39 is 0 Å². The maximum absolute atomic E-state index is 5.97. The van der Waals surface area contributed by atoms with Crippen LogP contribution in [0.3, 0.4) is 0 Å². The first kappa shape index (κ1) is 14.3. The van der Waals surface area contributed by atoms with Gasteiger partial charge in [-0.25, -0.2) is 0 Å². The maximum atomic E-state index is 5.97. The lowest BCUT2D eigenvalue weighted by atomic mass is 10.1. The van der Waals surface area contributed by atoms with Gasteiger partial charge in [-0.05, 0) is 41.5 Å². The van der Waals surface area contributed by atoms with Crippen molar-refractivity contribution in [2.24, 2.45) is 0 Å².